The molecule has 88 valence electrons. The Labute approximate surface area is 98.6 Å². The van der Waals surface area contributed by atoms with E-state index in [4.69, 9.17) is 16.3 Å². The monoisotopic (exact) mass is 231 g/mol. The van der Waals surface area contributed by atoms with Gasteiger partial charge in [-0.2, -0.15) is 9.97 Å². The summed E-state index contributed by atoms with van der Waals surface area (Å²) in [5.41, 5.74) is 8.93. The minimum absolute atomic E-state index is 0.101. The number of aromatic nitrogens is 2. The van der Waals surface area contributed by atoms with Crippen LogP contribution in [-0.2, 0) is 0 Å². The van der Waals surface area contributed by atoms with E-state index in [1.54, 1.807) is 6.07 Å². The first-order valence-corrected chi connectivity index (χ1v) is 5.03. The number of para-hydroxylation sites is 1. The standard InChI is InChI=1S/C11H13N5O/c1-7-4-2-3-5-8(7)17-10-6-9(16-13)14-11(12)15-10/h2-6H,13H2,1H3,(H3,12,14,15,16). The van der Waals surface area contributed by atoms with Crippen molar-refractivity contribution in [2.45, 2.75) is 6.92 Å². The van der Waals surface area contributed by atoms with Gasteiger partial charge in [0.05, 0.1) is 0 Å². The maximum Gasteiger partial charge on any atom is 0.226 e. The van der Waals surface area contributed by atoms with Gasteiger partial charge in [-0.1, -0.05) is 18.2 Å². The van der Waals surface area contributed by atoms with Crippen LogP contribution in [0.15, 0.2) is 30.3 Å². The van der Waals surface area contributed by atoms with Gasteiger partial charge in [0.25, 0.3) is 0 Å². The normalized spacial score (nSPS) is 10.0. The molecule has 0 radical (unpaired) electrons. The van der Waals surface area contributed by atoms with E-state index >= 15 is 0 Å². The number of hydrogen-bond donors (Lipinski definition) is 3. The van der Waals surface area contributed by atoms with E-state index in [1.165, 1.54) is 0 Å². The lowest BCUT2D eigenvalue weighted by Crippen LogP contribution is -2.10. The van der Waals surface area contributed by atoms with Crippen molar-refractivity contribution in [3.63, 3.8) is 0 Å². The maximum atomic E-state index is 5.61. The van der Waals surface area contributed by atoms with Crippen LogP contribution >= 0.6 is 0 Å². The average Bonchev–Trinajstić information content (AvgIpc) is 2.31. The topological polar surface area (TPSA) is 99.1 Å². The zero-order chi connectivity index (χ0) is 12.3. The van der Waals surface area contributed by atoms with Crippen LogP contribution < -0.4 is 21.7 Å². The second-order valence-corrected chi connectivity index (χ2v) is 3.46. The summed E-state index contributed by atoms with van der Waals surface area (Å²) in [7, 11) is 0. The number of hydrazine groups is 1. The maximum absolute atomic E-state index is 5.61. The molecule has 0 saturated heterocycles. The predicted octanol–water partition coefficient (Wildman–Crippen LogP) is 1.45. The lowest BCUT2D eigenvalue weighted by molar-refractivity contribution is 0.459. The van der Waals surface area contributed by atoms with Gasteiger partial charge in [-0.05, 0) is 18.6 Å². The lowest BCUT2D eigenvalue weighted by Gasteiger charge is -2.08. The summed E-state index contributed by atoms with van der Waals surface area (Å²) in [6.07, 6.45) is 0. The summed E-state index contributed by atoms with van der Waals surface area (Å²) in [4.78, 5) is 7.83. The molecule has 6 heteroatoms. The van der Waals surface area contributed by atoms with E-state index in [0.29, 0.717) is 17.4 Å². The van der Waals surface area contributed by atoms with Gasteiger partial charge in [0, 0.05) is 6.07 Å². The summed E-state index contributed by atoms with van der Waals surface area (Å²) in [6, 6.07) is 9.19. The molecule has 2 rings (SSSR count). The third-order valence-corrected chi connectivity index (χ3v) is 2.18. The van der Waals surface area contributed by atoms with Gasteiger partial charge in [-0.3, -0.25) is 0 Å². The fraction of sp³-hybridized carbons (Fsp3) is 0.0909. The molecule has 1 heterocycles. The van der Waals surface area contributed by atoms with Crippen LogP contribution in [0.25, 0.3) is 0 Å². The minimum Gasteiger partial charge on any atom is -0.439 e. The molecule has 0 amide bonds. The number of nitrogens with two attached hydrogens (primary N) is 2. The first-order chi connectivity index (χ1) is 8.19. The molecule has 0 fully saturated rings. The van der Waals surface area contributed by atoms with Crippen molar-refractivity contribution in [1.29, 1.82) is 0 Å². The molecule has 1 aromatic heterocycles. The molecule has 0 aliphatic heterocycles. The SMILES string of the molecule is Cc1ccccc1Oc1cc(NN)nc(N)n1. The van der Waals surface area contributed by atoms with E-state index in [2.05, 4.69) is 15.4 Å². The van der Waals surface area contributed by atoms with Gasteiger partial charge < -0.3 is 15.9 Å². The molecule has 0 atom stereocenters. The van der Waals surface area contributed by atoms with Crippen molar-refractivity contribution in [2.24, 2.45) is 5.84 Å². The fourth-order valence-corrected chi connectivity index (χ4v) is 1.35. The van der Waals surface area contributed by atoms with E-state index in [1.807, 2.05) is 31.2 Å². The highest BCUT2D eigenvalue weighted by atomic mass is 16.5. The summed E-state index contributed by atoms with van der Waals surface area (Å²) in [5.74, 6) is 6.83. The van der Waals surface area contributed by atoms with Gasteiger partial charge in [0.15, 0.2) is 0 Å². The third kappa shape index (κ3) is 2.61. The molecule has 0 bridgehead atoms. The van der Waals surface area contributed by atoms with Crippen molar-refractivity contribution >= 4 is 11.8 Å². The predicted molar refractivity (Wildman–Crippen MR) is 65.5 cm³/mol. The van der Waals surface area contributed by atoms with Crippen LogP contribution in [0, 0.1) is 6.92 Å². The molecule has 1 aromatic carbocycles. The Balaban J connectivity index is 2.30. The fourth-order valence-electron chi connectivity index (χ4n) is 1.35. The molecular formula is C11H13N5O. The van der Waals surface area contributed by atoms with Crippen LogP contribution in [0.4, 0.5) is 11.8 Å². The van der Waals surface area contributed by atoms with Crippen LogP contribution in [0.3, 0.4) is 0 Å². The Morgan fingerprint density at radius 2 is 2.00 bits per heavy atom. The van der Waals surface area contributed by atoms with E-state index in [0.717, 1.165) is 5.56 Å². The molecule has 0 spiro atoms. The summed E-state index contributed by atoms with van der Waals surface area (Å²) in [6.45, 7) is 1.95. The first-order valence-electron chi connectivity index (χ1n) is 5.03. The smallest absolute Gasteiger partial charge is 0.226 e. The van der Waals surface area contributed by atoms with Gasteiger partial charge in [0.1, 0.15) is 11.6 Å². The summed E-state index contributed by atoms with van der Waals surface area (Å²) < 4.78 is 5.61. The quantitative estimate of drug-likeness (QED) is 0.546. The van der Waals surface area contributed by atoms with Gasteiger partial charge in [-0.15, -0.1) is 0 Å². The van der Waals surface area contributed by atoms with E-state index in [9.17, 15) is 0 Å². The number of benzene rings is 1. The molecule has 6 nitrogen and oxygen atoms in total. The summed E-state index contributed by atoms with van der Waals surface area (Å²) in [5, 5.41) is 0. The number of ether oxygens (including phenoxy) is 1. The average molecular weight is 231 g/mol. The van der Waals surface area contributed by atoms with Crippen molar-refractivity contribution in [3.05, 3.63) is 35.9 Å². The van der Waals surface area contributed by atoms with E-state index in [-0.39, 0.29) is 5.95 Å². The third-order valence-electron chi connectivity index (χ3n) is 2.18. The molecule has 17 heavy (non-hydrogen) atoms. The Kier molecular flexibility index (Phi) is 3.06. The molecular weight excluding hydrogens is 218 g/mol. The molecule has 0 saturated carbocycles. The highest BCUT2D eigenvalue weighted by Crippen LogP contribution is 2.24. The molecule has 5 N–H and O–H groups in total. The Bertz CT molecular complexity index is 529. The van der Waals surface area contributed by atoms with Crippen LogP contribution in [0.1, 0.15) is 5.56 Å². The minimum atomic E-state index is 0.101. The molecule has 0 aliphatic rings. The molecule has 2 aromatic rings. The molecule has 0 unspecified atom stereocenters. The largest absolute Gasteiger partial charge is 0.439 e. The van der Waals surface area contributed by atoms with Gasteiger partial charge in [-0.25, -0.2) is 5.84 Å². The Hall–Kier alpha value is -2.34. The number of nitrogen functional groups attached to an aromatic ring is 2. The van der Waals surface area contributed by atoms with Gasteiger partial charge in [0.2, 0.25) is 11.8 Å². The zero-order valence-corrected chi connectivity index (χ0v) is 9.34. The number of nitrogens with zero attached hydrogens (tertiary/aromatic N) is 2. The number of nitrogens with one attached hydrogen (secondary N) is 1. The lowest BCUT2D eigenvalue weighted by atomic mass is 10.2. The van der Waals surface area contributed by atoms with Crippen molar-refractivity contribution in [1.82, 2.24) is 9.97 Å². The number of hydrogen-bond acceptors (Lipinski definition) is 6. The number of anilines is 2. The van der Waals surface area contributed by atoms with E-state index < -0.39 is 0 Å². The Morgan fingerprint density at radius 1 is 1.24 bits per heavy atom. The van der Waals surface area contributed by atoms with Crippen LogP contribution in [0.5, 0.6) is 11.6 Å². The van der Waals surface area contributed by atoms with Crippen molar-refractivity contribution in [3.8, 4) is 11.6 Å². The number of aryl methyl sites for hydroxylation is 1. The molecule has 0 aliphatic carbocycles. The second-order valence-electron chi connectivity index (χ2n) is 3.46. The van der Waals surface area contributed by atoms with Crippen LogP contribution in [0.2, 0.25) is 0 Å². The zero-order valence-electron chi connectivity index (χ0n) is 9.34. The first kappa shape index (κ1) is 11.2. The highest BCUT2D eigenvalue weighted by molar-refractivity contribution is 5.44. The number of rotatable bonds is 3. The summed E-state index contributed by atoms with van der Waals surface area (Å²) >= 11 is 0. The van der Waals surface area contributed by atoms with Crippen molar-refractivity contribution < 1.29 is 4.74 Å². The highest BCUT2D eigenvalue weighted by Gasteiger charge is 2.05. The van der Waals surface area contributed by atoms with Crippen molar-refractivity contribution in [2.75, 3.05) is 11.2 Å². The Morgan fingerprint density at radius 3 is 2.71 bits per heavy atom. The van der Waals surface area contributed by atoms with Gasteiger partial charge >= 0.3 is 0 Å². The second kappa shape index (κ2) is 4.67. The van der Waals surface area contributed by atoms with Crippen LogP contribution in [-0.4, -0.2) is 9.97 Å².